The van der Waals surface area contributed by atoms with E-state index in [2.05, 4.69) is 19.2 Å². The lowest BCUT2D eigenvalue weighted by atomic mass is 9.43. The van der Waals surface area contributed by atoms with E-state index in [0.717, 1.165) is 12.8 Å². The fraction of sp³-hybridized carbons (Fsp3) is 0.667. The van der Waals surface area contributed by atoms with Gasteiger partial charge in [-0.25, -0.2) is 4.79 Å². The Morgan fingerprint density at radius 2 is 2.00 bits per heavy atom. The first kappa shape index (κ1) is 25.8. The molecule has 7 nitrogen and oxygen atoms in total. The third kappa shape index (κ3) is 4.77. The first-order valence-electron chi connectivity index (χ1n) is 11.8. The van der Waals surface area contributed by atoms with E-state index >= 15 is 0 Å². The molecule has 192 valence electrons. The van der Waals surface area contributed by atoms with Gasteiger partial charge in [0.1, 0.15) is 11.3 Å². The number of carbonyl (C=O) groups excluding carboxylic acids is 1. The van der Waals surface area contributed by atoms with E-state index in [1.54, 1.807) is 12.1 Å². The van der Waals surface area contributed by atoms with Gasteiger partial charge in [0.25, 0.3) is 0 Å². The summed E-state index contributed by atoms with van der Waals surface area (Å²) in [5.41, 5.74) is -0.0623. The molecule has 0 aromatic heterocycles. The van der Waals surface area contributed by atoms with Crippen LogP contribution in [0.3, 0.4) is 0 Å². The normalized spacial score (nSPS) is 29.7. The molecular weight excluding hydrogens is 466 g/mol. The summed E-state index contributed by atoms with van der Waals surface area (Å²) < 4.78 is 56.1. The lowest BCUT2D eigenvalue weighted by Gasteiger charge is -2.64. The maximum Gasteiger partial charge on any atom is 0.482 e. The molecule has 1 aromatic rings. The number of nitrogens with one attached hydrogen (secondary N) is 1. The van der Waals surface area contributed by atoms with Crippen LogP contribution >= 0.6 is 0 Å². The van der Waals surface area contributed by atoms with E-state index in [-0.39, 0.29) is 35.2 Å². The van der Waals surface area contributed by atoms with Crippen molar-refractivity contribution >= 4 is 19.0 Å². The number of para-hydroxylation sites is 1. The number of hydrogen-bond acceptors (Lipinski definition) is 5. The van der Waals surface area contributed by atoms with E-state index in [1.807, 2.05) is 6.92 Å². The van der Waals surface area contributed by atoms with Crippen molar-refractivity contribution in [3.8, 4) is 5.75 Å². The van der Waals surface area contributed by atoms with E-state index < -0.39 is 49.6 Å². The number of halogens is 3. The minimum absolute atomic E-state index is 0.0522. The number of amides is 1. The second-order valence-electron chi connectivity index (χ2n) is 10.6. The maximum absolute atomic E-state index is 12.7. The van der Waals surface area contributed by atoms with Crippen molar-refractivity contribution in [2.45, 2.75) is 76.7 Å². The Morgan fingerprint density at radius 3 is 2.60 bits per heavy atom. The van der Waals surface area contributed by atoms with E-state index in [0.29, 0.717) is 11.5 Å². The Morgan fingerprint density at radius 1 is 1.29 bits per heavy atom. The highest BCUT2D eigenvalue weighted by molar-refractivity contribution is 6.48. The minimum Gasteiger partial charge on any atom is -0.496 e. The number of benzene rings is 1. The van der Waals surface area contributed by atoms with Crippen LogP contribution in [-0.2, 0) is 20.5 Å². The summed E-state index contributed by atoms with van der Waals surface area (Å²) >= 11 is 0. The van der Waals surface area contributed by atoms with Crippen molar-refractivity contribution < 1.29 is 41.9 Å². The molecule has 3 aliphatic carbocycles. The summed E-state index contributed by atoms with van der Waals surface area (Å²) in [6, 6.07) is 4.61. The lowest BCUT2D eigenvalue weighted by molar-refractivity contribution is -0.199. The summed E-state index contributed by atoms with van der Waals surface area (Å²) in [6.07, 6.45) is -4.72. The molecule has 5 unspecified atom stereocenters. The Hall–Kier alpha value is -2.27. The fourth-order valence-electron chi connectivity index (χ4n) is 6.21. The molecule has 4 fully saturated rings. The van der Waals surface area contributed by atoms with Gasteiger partial charge in [0.05, 0.1) is 31.2 Å². The third-order valence-electron chi connectivity index (χ3n) is 8.25. The molecule has 35 heavy (non-hydrogen) atoms. The van der Waals surface area contributed by atoms with Gasteiger partial charge in [-0.15, -0.1) is 0 Å². The van der Waals surface area contributed by atoms with Gasteiger partial charge in [-0.1, -0.05) is 26.0 Å². The highest BCUT2D eigenvalue weighted by Crippen LogP contribution is 2.65. The summed E-state index contributed by atoms with van der Waals surface area (Å²) in [7, 11) is 0.448. The fourth-order valence-corrected chi connectivity index (χ4v) is 6.21. The standard InChI is InChI=1S/C24H31BF3NO6/c1-22(2)14-11-16(22)23(3)17(12-14)34-25(35-23)18(29-19(30)8-9-24(26,27)28)10-13-6-5-7-15(21(31)32)20(13)33-4/h5-7,14,16-18H,8-12H2,1-4H3,(H,29,30)(H,31,32). The number of ether oxygens (including phenoxy) is 1. The molecule has 1 amide bonds. The van der Waals surface area contributed by atoms with Crippen LogP contribution in [0.1, 0.15) is 62.4 Å². The average Bonchev–Trinajstić information content (AvgIpc) is 3.13. The molecule has 0 radical (unpaired) electrons. The van der Waals surface area contributed by atoms with Gasteiger partial charge in [-0.05, 0) is 55.1 Å². The van der Waals surface area contributed by atoms with Crippen molar-refractivity contribution in [2.75, 3.05) is 7.11 Å². The molecule has 1 aliphatic heterocycles. The maximum atomic E-state index is 12.7. The van der Waals surface area contributed by atoms with E-state index in [9.17, 15) is 27.9 Å². The van der Waals surface area contributed by atoms with Crippen LogP contribution in [0.15, 0.2) is 18.2 Å². The van der Waals surface area contributed by atoms with Crippen LogP contribution in [0.2, 0.25) is 0 Å². The molecule has 5 atom stereocenters. The van der Waals surface area contributed by atoms with Crippen molar-refractivity contribution in [3.05, 3.63) is 29.3 Å². The number of methoxy groups -OCH3 is 1. The second-order valence-corrected chi connectivity index (χ2v) is 10.6. The molecule has 1 aromatic carbocycles. The zero-order valence-electron chi connectivity index (χ0n) is 20.3. The van der Waals surface area contributed by atoms with Crippen LogP contribution < -0.4 is 10.1 Å². The molecule has 0 spiro atoms. The third-order valence-corrected chi connectivity index (χ3v) is 8.25. The first-order chi connectivity index (χ1) is 16.3. The molecule has 2 bridgehead atoms. The van der Waals surface area contributed by atoms with Crippen LogP contribution in [0, 0.1) is 17.3 Å². The molecule has 4 aliphatic rings. The zero-order chi connectivity index (χ0) is 25.8. The van der Waals surface area contributed by atoms with Gasteiger partial charge in [0.15, 0.2) is 0 Å². The smallest absolute Gasteiger partial charge is 0.482 e. The Labute approximate surface area is 202 Å². The predicted molar refractivity (Wildman–Crippen MR) is 121 cm³/mol. The zero-order valence-corrected chi connectivity index (χ0v) is 20.3. The van der Waals surface area contributed by atoms with Crippen molar-refractivity contribution in [1.82, 2.24) is 5.32 Å². The number of alkyl halides is 3. The number of carbonyl (C=O) groups is 2. The van der Waals surface area contributed by atoms with Crippen molar-refractivity contribution in [1.29, 1.82) is 0 Å². The van der Waals surface area contributed by atoms with Gasteiger partial charge in [-0.2, -0.15) is 13.2 Å². The molecule has 2 N–H and O–H groups in total. The second kappa shape index (κ2) is 8.99. The molecular formula is C24H31BF3NO6. The Bertz CT molecular complexity index is 1000. The lowest BCUT2D eigenvalue weighted by Crippen LogP contribution is -2.65. The average molecular weight is 497 g/mol. The van der Waals surface area contributed by atoms with Crippen molar-refractivity contribution in [2.24, 2.45) is 17.3 Å². The largest absolute Gasteiger partial charge is 0.496 e. The number of carboxylic acids is 1. The Balaban J connectivity index is 1.59. The quantitative estimate of drug-likeness (QED) is 0.527. The first-order valence-corrected chi connectivity index (χ1v) is 11.8. The van der Waals surface area contributed by atoms with Gasteiger partial charge >= 0.3 is 19.3 Å². The van der Waals surface area contributed by atoms with Gasteiger partial charge in [0.2, 0.25) is 5.91 Å². The van der Waals surface area contributed by atoms with Gasteiger partial charge in [-0.3, -0.25) is 4.79 Å². The van der Waals surface area contributed by atoms with Crippen molar-refractivity contribution in [3.63, 3.8) is 0 Å². The summed E-state index contributed by atoms with van der Waals surface area (Å²) in [5, 5.41) is 12.2. The van der Waals surface area contributed by atoms with Gasteiger partial charge < -0.3 is 24.5 Å². The monoisotopic (exact) mass is 497 g/mol. The minimum atomic E-state index is -4.46. The number of aromatic carboxylic acids is 1. The topological polar surface area (TPSA) is 94.1 Å². The molecule has 5 rings (SSSR count). The Kier molecular flexibility index (Phi) is 6.63. The molecule has 1 saturated heterocycles. The van der Waals surface area contributed by atoms with E-state index in [4.69, 9.17) is 14.0 Å². The highest BCUT2D eigenvalue weighted by Gasteiger charge is 2.68. The predicted octanol–water partition coefficient (Wildman–Crippen LogP) is 4.03. The van der Waals surface area contributed by atoms with Crippen LogP contribution in [0.25, 0.3) is 0 Å². The number of rotatable bonds is 8. The number of hydrogen-bond donors (Lipinski definition) is 2. The van der Waals surface area contributed by atoms with E-state index in [1.165, 1.54) is 13.2 Å². The summed E-state index contributed by atoms with van der Waals surface area (Å²) in [6.45, 7) is 6.43. The summed E-state index contributed by atoms with van der Waals surface area (Å²) in [4.78, 5) is 24.1. The van der Waals surface area contributed by atoms with Crippen LogP contribution in [0.5, 0.6) is 5.75 Å². The van der Waals surface area contributed by atoms with Gasteiger partial charge in [0, 0.05) is 6.42 Å². The molecule has 3 saturated carbocycles. The van der Waals surface area contributed by atoms with Crippen LogP contribution in [0.4, 0.5) is 13.2 Å². The van der Waals surface area contributed by atoms with Crippen LogP contribution in [-0.4, -0.2) is 55.0 Å². The number of carboxylic acid groups (broad SMARTS) is 1. The molecule has 11 heteroatoms. The summed E-state index contributed by atoms with van der Waals surface area (Å²) in [5.74, 6) is -1.91. The molecule has 1 heterocycles. The highest BCUT2D eigenvalue weighted by atomic mass is 19.4. The SMILES string of the molecule is COc1c(CC(NC(=O)CCC(F)(F)F)B2OC3CC4CC(C4(C)C)C3(C)O2)cccc1C(=O)O.